The number of hydrogen-bond donors (Lipinski definition) is 1. The molecular formula is C13H25NS. The van der Waals surface area contributed by atoms with E-state index in [-0.39, 0.29) is 0 Å². The van der Waals surface area contributed by atoms with E-state index in [0.29, 0.717) is 0 Å². The van der Waals surface area contributed by atoms with Gasteiger partial charge in [0.2, 0.25) is 0 Å². The molecular weight excluding hydrogens is 202 g/mol. The van der Waals surface area contributed by atoms with Gasteiger partial charge in [-0.1, -0.05) is 19.3 Å². The first kappa shape index (κ1) is 11.8. The molecule has 2 aliphatic rings. The topological polar surface area (TPSA) is 12.0 Å². The molecule has 2 fully saturated rings. The molecule has 2 saturated carbocycles. The highest BCUT2D eigenvalue weighted by Gasteiger charge is 2.26. The third-order valence-corrected chi connectivity index (χ3v) is 4.96. The number of thioether (sulfide) groups is 1. The van der Waals surface area contributed by atoms with Crippen LogP contribution in [-0.2, 0) is 0 Å². The van der Waals surface area contributed by atoms with Crippen LogP contribution in [0, 0.1) is 5.92 Å². The van der Waals surface area contributed by atoms with Gasteiger partial charge in [0.25, 0.3) is 0 Å². The van der Waals surface area contributed by atoms with E-state index in [1.807, 2.05) is 0 Å². The molecule has 0 aliphatic heterocycles. The summed E-state index contributed by atoms with van der Waals surface area (Å²) in [6, 6.07) is 1.56. The summed E-state index contributed by atoms with van der Waals surface area (Å²) in [7, 11) is 0. The van der Waals surface area contributed by atoms with Crippen molar-refractivity contribution in [3.05, 3.63) is 0 Å². The summed E-state index contributed by atoms with van der Waals surface area (Å²) >= 11 is 2.06. The zero-order valence-electron chi connectivity index (χ0n) is 10.2. The van der Waals surface area contributed by atoms with E-state index in [1.165, 1.54) is 44.9 Å². The van der Waals surface area contributed by atoms with Gasteiger partial charge in [-0.2, -0.15) is 11.8 Å². The number of rotatable bonds is 5. The predicted octanol–water partition coefficient (Wildman–Crippen LogP) is 3.44. The fraction of sp³-hybridized carbons (Fsp3) is 1.00. The van der Waals surface area contributed by atoms with Crippen molar-refractivity contribution in [1.29, 1.82) is 0 Å². The molecule has 0 bridgehead atoms. The molecule has 2 aliphatic carbocycles. The minimum Gasteiger partial charge on any atom is -0.311 e. The van der Waals surface area contributed by atoms with Gasteiger partial charge in [0.15, 0.2) is 0 Å². The molecule has 0 aromatic carbocycles. The van der Waals surface area contributed by atoms with Crippen molar-refractivity contribution in [2.45, 2.75) is 69.2 Å². The third kappa shape index (κ3) is 3.99. The number of nitrogens with one attached hydrogen (secondary N) is 1. The Hall–Kier alpha value is 0.310. The van der Waals surface area contributed by atoms with E-state index in [1.54, 1.807) is 0 Å². The molecule has 0 aromatic heterocycles. The van der Waals surface area contributed by atoms with E-state index in [9.17, 15) is 0 Å². The molecule has 2 rings (SSSR count). The molecule has 0 aromatic rings. The van der Waals surface area contributed by atoms with Crippen molar-refractivity contribution >= 4 is 11.8 Å². The Balaban J connectivity index is 1.67. The van der Waals surface area contributed by atoms with Gasteiger partial charge in [-0.25, -0.2) is 0 Å². The van der Waals surface area contributed by atoms with Crippen LogP contribution in [0.5, 0.6) is 0 Å². The first-order chi connectivity index (χ1) is 7.28. The summed E-state index contributed by atoms with van der Waals surface area (Å²) in [5, 5.41) is 4.76. The highest BCUT2D eigenvalue weighted by Crippen LogP contribution is 2.34. The van der Waals surface area contributed by atoms with Crippen LogP contribution >= 0.6 is 11.8 Å². The highest BCUT2D eigenvalue weighted by molar-refractivity contribution is 7.99. The van der Waals surface area contributed by atoms with E-state index in [0.717, 1.165) is 23.3 Å². The molecule has 2 heteroatoms. The van der Waals surface area contributed by atoms with Gasteiger partial charge in [0.1, 0.15) is 0 Å². The van der Waals surface area contributed by atoms with Crippen molar-refractivity contribution < 1.29 is 0 Å². The van der Waals surface area contributed by atoms with E-state index in [2.05, 4.69) is 30.3 Å². The van der Waals surface area contributed by atoms with Gasteiger partial charge in [-0.05, 0) is 44.8 Å². The monoisotopic (exact) mass is 227 g/mol. The standard InChI is InChI=1S/C13H25NS/c1-10(8-11-6-7-11)14-12-4-3-5-13(9-12)15-2/h10-14H,3-9H2,1-2H3. The van der Waals surface area contributed by atoms with Crippen LogP contribution in [0.25, 0.3) is 0 Å². The quantitative estimate of drug-likeness (QED) is 0.772. The lowest BCUT2D eigenvalue weighted by Crippen LogP contribution is -2.40. The zero-order chi connectivity index (χ0) is 10.7. The second kappa shape index (κ2) is 5.58. The third-order valence-electron chi connectivity index (χ3n) is 3.86. The molecule has 1 N–H and O–H groups in total. The van der Waals surface area contributed by atoms with Gasteiger partial charge in [-0.3, -0.25) is 0 Å². The molecule has 1 nitrogen and oxygen atoms in total. The maximum absolute atomic E-state index is 3.84. The average molecular weight is 227 g/mol. The summed E-state index contributed by atoms with van der Waals surface area (Å²) in [6.07, 6.45) is 12.3. The lowest BCUT2D eigenvalue weighted by molar-refractivity contribution is 0.336. The van der Waals surface area contributed by atoms with Crippen LogP contribution < -0.4 is 5.32 Å². The lowest BCUT2D eigenvalue weighted by atomic mass is 9.94. The first-order valence-corrected chi connectivity index (χ1v) is 7.85. The predicted molar refractivity (Wildman–Crippen MR) is 69.5 cm³/mol. The molecule has 0 radical (unpaired) electrons. The van der Waals surface area contributed by atoms with Gasteiger partial charge in [-0.15, -0.1) is 0 Å². The minimum absolute atomic E-state index is 0.753. The molecule has 15 heavy (non-hydrogen) atoms. The largest absolute Gasteiger partial charge is 0.311 e. The van der Waals surface area contributed by atoms with Crippen LogP contribution in [0.3, 0.4) is 0 Å². The van der Waals surface area contributed by atoms with E-state index >= 15 is 0 Å². The molecule has 3 unspecified atom stereocenters. The smallest absolute Gasteiger partial charge is 0.00800 e. The summed E-state index contributed by atoms with van der Waals surface area (Å²) in [5.41, 5.74) is 0. The van der Waals surface area contributed by atoms with E-state index < -0.39 is 0 Å². The molecule has 3 atom stereocenters. The summed E-state index contributed by atoms with van der Waals surface area (Å²) in [6.45, 7) is 2.38. The summed E-state index contributed by atoms with van der Waals surface area (Å²) < 4.78 is 0. The Morgan fingerprint density at radius 1 is 1.27 bits per heavy atom. The Labute approximate surface area is 98.8 Å². The van der Waals surface area contributed by atoms with Gasteiger partial charge in [0.05, 0.1) is 0 Å². The highest BCUT2D eigenvalue weighted by atomic mass is 32.2. The Kier molecular flexibility index (Phi) is 4.39. The summed E-state index contributed by atoms with van der Waals surface area (Å²) in [5.74, 6) is 1.06. The van der Waals surface area contributed by atoms with Crippen LogP contribution in [0.4, 0.5) is 0 Å². The van der Waals surface area contributed by atoms with E-state index in [4.69, 9.17) is 0 Å². The molecule has 0 heterocycles. The Morgan fingerprint density at radius 2 is 2.07 bits per heavy atom. The van der Waals surface area contributed by atoms with Gasteiger partial charge >= 0.3 is 0 Å². The average Bonchev–Trinajstić information content (AvgIpc) is 3.02. The van der Waals surface area contributed by atoms with Crippen molar-refractivity contribution in [1.82, 2.24) is 5.32 Å². The van der Waals surface area contributed by atoms with Crippen molar-refractivity contribution in [2.24, 2.45) is 5.92 Å². The Morgan fingerprint density at radius 3 is 2.73 bits per heavy atom. The zero-order valence-corrected chi connectivity index (χ0v) is 11.0. The van der Waals surface area contributed by atoms with Crippen molar-refractivity contribution in [3.8, 4) is 0 Å². The van der Waals surface area contributed by atoms with Gasteiger partial charge in [0, 0.05) is 17.3 Å². The molecule has 0 amide bonds. The lowest BCUT2D eigenvalue weighted by Gasteiger charge is -2.31. The maximum atomic E-state index is 3.84. The Bertz CT molecular complexity index is 191. The second-order valence-electron chi connectivity index (χ2n) is 5.47. The number of hydrogen-bond acceptors (Lipinski definition) is 2. The van der Waals surface area contributed by atoms with Crippen LogP contribution in [-0.4, -0.2) is 23.6 Å². The maximum Gasteiger partial charge on any atom is 0.00800 e. The normalized spacial score (nSPS) is 34.0. The first-order valence-electron chi connectivity index (χ1n) is 6.56. The SMILES string of the molecule is CSC1CCCC(NC(C)CC2CC2)C1. The molecule has 0 saturated heterocycles. The molecule has 0 spiro atoms. The van der Waals surface area contributed by atoms with Crippen LogP contribution in [0.15, 0.2) is 0 Å². The summed E-state index contributed by atoms with van der Waals surface area (Å²) in [4.78, 5) is 0. The van der Waals surface area contributed by atoms with Crippen LogP contribution in [0.1, 0.15) is 51.9 Å². The molecule has 88 valence electrons. The van der Waals surface area contributed by atoms with Crippen molar-refractivity contribution in [2.75, 3.05) is 6.26 Å². The second-order valence-corrected chi connectivity index (χ2v) is 6.61. The van der Waals surface area contributed by atoms with Crippen molar-refractivity contribution in [3.63, 3.8) is 0 Å². The fourth-order valence-electron chi connectivity index (χ4n) is 2.83. The fourth-order valence-corrected chi connectivity index (χ4v) is 3.66. The van der Waals surface area contributed by atoms with Gasteiger partial charge < -0.3 is 5.32 Å². The van der Waals surface area contributed by atoms with Crippen LogP contribution in [0.2, 0.25) is 0 Å². The minimum atomic E-state index is 0.753.